The molecule has 0 aromatic rings. The Morgan fingerprint density at radius 1 is 1.18 bits per heavy atom. The zero-order chi connectivity index (χ0) is 11.6. The van der Waals surface area contributed by atoms with Gasteiger partial charge in [0.05, 0.1) is 12.2 Å². The summed E-state index contributed by atoms with van der Waals surface area (Å²) in [6, 6.07) is 0. The Morgan fingerprint density at radius 2 is 2.18 bits per heavy atom. The third kappa shape index (κ3) is 2.83. The highest BCUT2D eigenvalue weighted by Gasteiger charge is 2.41. The molecule has 0 aromatic heterocycles. The maximum atomic E-state index is 6.01. The van der Waals surface area contributed by atoms with Crippen LogP contribution < -0.4 is 5.32 Å². The minimum absolute atomic E-state index is 0.102. The fraction of sp³-hybridized carbons (Fsp3) is 1.00. The van der Waals surface area contributed by atoms with Gasteiger partial charge in [0.1, 0.15) is 0 Å². The summed E-state index contributed by atoms with van der Waals surface area (Å²) < 4.78 is 11.5. The van der Waals surface area contributed by atoms with Crippen LogP contribution in [0, 0.1) is 11.8 Å². The van der Waals surface area contributed by atoms with Crippen molar-refractivity contribution in [2.75, 3.05) is 32.9 Å². The summed E-state index contributed by atoms with van der Waals surface area (Å²) in [7, 11) is 0. The van der Waals surface area contributed by atoms with Gasteiger partial charge in [0, 0.05) is 19.6 Å². The van der Waals surface area contributed by atoms with Gasteiger partial charge < -0.3 is 14.8 Å². The standard InChI is InChI=1S/C14H25NO2/c1-2-13(10-15-5-1)8-12-3-6-17-14(9-12)4-7-16-11-14/h12-13,15H,1-11H2. The maximum absolute atomic E-state index is 6.01. The summed E-state index contributed by atoms with van der Waals surface area (Å²) in [4.78, 5) is 0. The second-order valence-corrected chi connectivity index (χ2v) is 6.14. The highest BCUT2D eigenvalue weighted by molar-refractivity contribution is 4.91. The van der Waals surface area contributed by atoms with Gasteiger partial charge in [-0.25, -0.2) is 0 Å². The Hall–Kier alpha value is -0.120. The first-order valence-electron chi connectivity index (χ1n) is 7.29. The zero-order valence-corrected chi connectivity index (χ0v) is 10.7. The second kappa shape index (κ2) is 5.25. The summed E-state index contributed by atoms with van der Waals surface area (Å²) in [5.41, 5.74) is 0.102. The topological polar surface area (TPSA) is 30.5 Å². The molecule has 0 saturated carbocycles. The van der Waals surface area contributed by atoms with E-state index in [4.69, 9.17) is 9.47 Å². The average molecular weight is 239 g/mol. The minimum atomic E-state index is 0.102. The normalized spacial score (nSPS) is 43.1. The summed E-state index contributed by atoms with van der Waals surface area (Å²) in [5.74, 6) is 1.78. The molecule has 3 fully saturated rings. The van der Waals surface area contributed by atoms with Gasteiger partial charge in [-0.1, -0.05) is 0 Å². The Labute approximate surface area is 104 Å². The maximum Gasteiger partial charge on any atom is 0.0939 e. The Bertz CT molecular complexity index is 245. The van der Waals surface area contributed by atoms with Crippen LogP contribution >= 0.6 is 0 Å². The van der Waals surface area contributed by atoms with Gasteiger partial charge in [-0.15, -0.1) is 0 Å². The Balaban J connectivity index is 1.52. The molecule has 0 radical (unpaired) electrons. The molecule has 3 heterocycles. The van der Waals surface area contributed by atoms with Crippen molar-refractivity contribution in [1.82, 2.24) is 5.32 Å². The number of nitrogens with one attached hydrogen (secondary N) is 1. The largest absolute Gasteiger partial charge is 0.378 e. The summed E-state index contributed by atoms with van der Waals surface area (Å²) in [6.45, 7) is 5.15. The third-order valence-electron chi connectivity index (χ3n) is 4.73. The van der Waals surface area contributed by atoms with Crippen molar-refractivity contribution >= 4 is 0 Å². The van der Waals surface area contributed by atoms with Crippen molar-refractivity contribution in [3.05, 3.63) is 0 Å². The number of hydrogen-bond acceptors (Lipinski definition) is 3. The van der Waals surface area contributed by atoms with Gasteiger partial charge in [-0.3, -0.25) is 0 Å². The molecule has 0 bridgehead atoms. The van der Waals surface area contributed by atoms with Crippen molar-refractivity contribution in [2.24, 2.45) is 11.8 Å². The van der Waals surface area contributed by atoms with Gasteiger partial charge in [0.2, 0.25) is 0 Å². The van der Waals surface area contributed by atoms with Crippen LogP contribution in [0.3, 0.4) is 0 Å². The predicted octanol–water partition coefficient (Wildman–Crippen LogP) is 1.96. The van der Waals surface area contributed by atoms with E-state index in [1.165, 1.54) is 45.2 Å². The highest BCUT2D eigenvalue weighted by Crippen LogP contribution is 2.38. The van der Waals surface area contributed by atoms with E-state index in [-0.39, 0.29) is 5.60 Å². The molecule has 3 atom stereocenters. The Kier molecular flexibility index (Phi) is 3.69. The molecule has 3 aliphatic heterocycles. The summed E-state index contributed by atoms with van der Waals surface area (Å²) in [6.07, 6.45) is 7.81. The molecule has 3 rings (SSSR count). The monoisotopic (exact) mass is 239 g/mol. The lowest BCUT2D eigenvalue weighted by Crippen LogP contribution is -2.41. The van der Waals surface area contributed by atoms with Gasteiger partial charge in [-0.2, -0.15) is 0 Å². The molecule has 3 heteroatoms. The SMILES string of the molecule is C1CNCC(CC2CCOC3(CCOC3)C2)C1. The first-order valence-corrected chi connectivity index (χ1v) is 7.29. The molecular weight excluding hydrogens is 214 g/mol. The fourth-order valence-electron chi connectivity index (χ4n) is 3.79. The number of ether oxygens (including phenoxy) is 2. The van der Waals surface area contributed by atoms with Gasteiger partial charge in [0.25, 0.3) is 0 Å². The molecule has 0 aliphatic carbocycles. The second-order valence-electron chi connectivity index (χ2n) is 6.14. The molecule has 3 saturated heterocycles. The van der Waals surface area contributed by atoms with Crippen LogP contribution in [0.5, 0.6) is 0 Å². The first-order chi connectivity index (χ1) is 8.36. The molecule has 3 nitrogen and oxygen atoms in total. The van der Waals surface area contributed by atoms with E-state index >= 15 is 0 Å². The quantitative estimate of drug-likeness (QED) is 0.799. The summed E-state index contributed by atoms with van der Waals surface area (Å²) in [5, 5.41) is 3.53. The smallest absolute Gasteiger partial charge is 0.0939 e. The van der Waals surface area contributed by atoms with E-state index in [2.05, 4.69) is 5.32 Å². The zero-order valence-electron chi connectivity index (χ0n) is 10.7. The van der Waals surface area contributed by atoms with E-state index in [1.54, 1.807) is 0 Å². The van der Waals surface area contributed by atoms with Gasteiger partial charge in [-0.05, 0) is 57.0 Å². The van der Waals surface area contributed by atoms with Crippen LogP contribution in [0.1, 0.15) is 38.5 Å². The van der Waals surface area contributed by atoms with Crippen molar-refractivity contribution in [3.63, 3.8) is 0 Å². The molecule has 3 unspecified atom stereocenters. The molecule has 98 valence electrons. The van der Waals surface area contributed by atoms with E-state index in [9.17, 15) is 0 Å². The number of rotatable bonds is 2. The van der Waals surface area contributed by atoms with Crippen molar-refractivity contribution < 1.29 is 9.47 Å². The van der Waals surface area contributed by atoms with Crippen LogP contribution in [-0.4, -0.2) is 38.5 Å². The molecular formula is C14H25NO2. The van der Waals surface area contributed by atoms with Crippen LogP contribution in [0.4, 0.5) is 0 Å². The van der Waals surface area contributed by atoms with Crippen molar-refractivity contribution in [3.8, 4) is 0 Å². The van der Waals surface area contributed by atoms with E-state index < -0.39 is 0 Å². The molecule has 1 spiro atoms. The van der Waals surface area contributed by atoms with Crippen molar-refractivity contribution in [1.29, 1.82) is 0 Å². The first kappa shape index (κ1) is 11.9. The molecule has 17 heavy (non-hydrogen) atoms. The Morgan fingerprint density at radius 3 is 2.94 bits per heavy atom. The average Bonchev–Trinajstić information content (AvgIpc) is 2.79. The summed E-state index contributed by atoms with van der Waals surface area (Å²) >= 11 is 0. The van der Waals surface area contributed by atoms with Crippen LogP contribution in [0.2, 0.25) is 0 Å². The van der Waals surface area contributed by atoms with Crippen molar-refractivity contribution in [2.45, 2.75) is 44.1 Å². The van der Waals surface area contributed by atoms with Gasteiger partial charge in [0.15, 0.2) is 0 Å². The van der Waals surface area contributed by atoms with Crippen LogP contribution in [0.25, 0.3) is 0 Å². The number of hydrogen-bond donors (Lipinski definition) is 1. The molecule has 1 N–H and O–H groups in total. The lowest BCUT2D eigenvalue weighted by atomic mass is 9.79. The molecule has 0 amide bonds. The fourth-order valence-corrected chi connectivity index (χ4v) is 3.79. The van der Waals surface area contributed by atoms with Crippen LogP contribution in [0.15, 0.2) is 0 Å². The van der Waals surface area contributed by atoms with Gasteiger partial charge >= 0.3 is 0 Å². The van der Waals surface area contributed by atoms with E-state index in [1.807, 2.05) is 0 Å². The lowest BCUT2D eigenvalue weighted by Gasteiger charge is -2.39. The van der Waals surface area contributed by atoms with E-state index in [0.29, 0.717) is 0 Å². The lowest BCUT2D eigenvalue weighted by molar-refractivity contribution is -0.101. The third-order valence-corrected chi connectivity index (χ3v) is 4.73. The molecule has 3 aliphatic rings. The van der Waals surface area contributed by atoms with E-state index in [0.717, 1.165) is 38.1 Å². The predicted molar refractivity (Wildman–Crippen MR) is 67.1 cm³/mol. The number of piperidine rings is 1. The highest BCUT2D eigenvalue weighted by atomic mass is 16.6. The minimum Gasteiger partial charge on any atom is -0.378 e. The molecule has 0 aromatic carbocycles. The van der Waals surface area contributed by atoms with Crippen LogP contribution in [-0.2, 0) is 9.47 Å².